The van der Waals surface area contributed by atoms with Gasteiger partial charge in [0.2, 0.25) is 0 Å². The number of aliphatic hydroxyl groups is 1. The van der Waals surface area contributed by atoms with Crippen LogP contribution < -0.4 is 4.90 Å². The van der Waals surface area contributed by atoms with Crippen LogP contribution in [0.5, 0.6) is 0 Å². The van der Waals surface area contributed by atoms with Crippen molar-refractivity contribution in [2.45, 2.75) is 24.8 Å². The third kappa shape index (κ3) is 4.18. The van der Waals surface area contributed by atoms with E-state index in [1.165, 1.54) is 18.2 Å². The minimum atomic E-state index is -4.12. The summed E-state index contributed by atoms with van der Waals surface area (Å²) in [6.07, 6.45) is -0.589. The molecule has 1 aliphatic rings. The molecule has 0 unspecified atom stereocenters. The molecule has 33 heavy (non-hydrogen) atoms. The number of carbonyl (C=O) groups excluding carboxylic acids is 2. The van der Waals surface area contributed by atoms with Crippen LogP contribution in [0.2, 0.25) is 0 Å². The fourth-order valence-corrected chi connectivity index (χ4v) is 4.71. The number of amides is 2. The molecular weight excluding hydrogens is 442 g/mol. The molecule has 1 heterocycles. The zero-order valence-corrected chi connectivity index (χ0v) is 18.7. The molecule has 0 radical (unpaired) electrons. The standard InChI is InChI=1S/C25H21NO6S/c1-16(2)32-33(30,31)19-13-14-21-20(15-19)22(23(27)17-9-5-3-6-10-17)25(29)26(21)24(28)18-11-7-4-8-12-18/h3-16,27H,1-2H3/b23-22-. The Morgan fingerprint density at radius 3 is 2.06 bits per heavy atom. The molecule has 0 atom stereocenters. The van der Waals surface area contributed by atoms with Crippen molar-refractivity contribution in [3.05, 3.63) is 95.6 Å². The van der Waals surface area contributed by atoms with E-state index >= 15 is 0 Å². The molecule has 8 heteroatoms. The Morgan fingerprint density at radius 1 is 0.909 bits per heavy atom. The summed E-state index contributed by atoms with van der Waals surface area (Å²) in [7, 11) is -4.12. The number of anilines is 1. The van der Waals surface area contributed by atoms with Crippen LogP contribution in [0.25, 0.3) is 11.3 Å². The Kier molecular flexibility index (Phi) is 5.88. The highest BCUT2D eigenvalue weighted by Gasteiger charge is 2.40. The monoisotopic (exact) mass is 463 g/mol. The number of aliphatic hydroxyl groups excluding tert-OH is 1. The first-order valence-corrected chi connectivity index (χ1v) is 11.6. The quantitative estimate of drug-likeness (QED) is 0.260. The first kappa shape index (κ1) is 22.4. The Balaban J connectivity index is 1.93. The Labute approximate surface area is 191 Å². The molecule has 2 amide bonds. The number of hydrogen-bond acceptors (Lipinski definition) is 6. The van der Waals surface area contributed by atoms with Crippen LogP contribution in [0.4, 0.5) is 5.69 Å². The van der Waals surface area contributed by atoms with E-state index in [2.05, 4.69) is 0 Å². The summed E-state index contributed by atoms with van der Waals surface area (Å²) in [5, 5.41) is 11.0. The maximum absolute atomic E-state index is 13.4. The highest BCUT2D eigenvalue weighted by Crippen LogP contribution is 2.42. The summed E-state index contributed by atoms with van der Waals surface area (Å²) in [4.78, 5) is 27.4. The van der Waals surface area contributed by atoms with Gasteiger partial charge in [0.1, 0.15) is 5.76 Å². The highest BCUT2D eigenvalue weighted by atomic mass is 32.2. The first-order valence-electron chi connectivity index (χ1n) is 10.2. The van der Waals surface area contributed by atoms with Gasteiger partial charge in [0.15, 0.2) is 0 Å². The van der Waals surface area contributed by atoms with Gasteiger partial charge < -0.3 is 5.11 Å². The minimum absolute atomic E-state index is 0.124. The second kappa shape index (κ2) is 8.65. The number of nitrogens with zero attached hydrogens (tertiary/aromatic N) is 1. The number of imide groups is 1. The summed E-state index contributed by atoms with van der Waals surface area (Å²) < 4.78 is 30.3. The van der Waals surface area contributed by atoms with Gasteiger partial charge in [0, 0.05) is 16.7 Å². The average molecular weight is 464 g/mol. The van der Waals surface area contributed by atoms with E-state index in [4.69, 9.17) is 4.18 Å². The van der Waals surface area contributed by atoms with Crippen LogP contribution >= 0.6 is 0 Å². The minimum Gasteiger partial charge on any atom is -0.506 e. The SMILES string of the molecule is CC(C)OS(=O)(=O)c1ccc2c(c1)/C(=C(/O)c1ccccc1)C(=O)N2C(=O)c1ccccc1. The van der Waals surface area contributed by atoms with Crippen LogP contribution in [0.15, 0.2) is 83.8 Å². The predicted molar refractivity (Wildman–Crippen MR) is 124 cm³/mol. The van der Waals surface area contributed by atoms with Crippen LogP contribution in [0.3, 0.4) is 0 Å². The van der Waals surface area contributed by atoms with Gasteiger partial charge in [-0.2, -0.15) is 8.42 Å². The normalized spacial score (nSPS) is 15.0. The molecule has 0 fully saturated rings. The molecule has 168 valence electrons. The first-order chi connectivity index (χ1) is 15.7. The fourth-order valence-electron chi connectivity index (χ4n) is 3.59. The molecule has 0 spiro atoms. The van der Waals surface area contributed by atoms with Crippen molar-refractivity contribution in [2.75, 3.05) is 4.90 Å². The van der Waals surface area contributed by atoms with Crippen molar-refractivity contribution >= 4 is 39.0 Å². The van der Waals surface area contributed by atoms with Crippen molar-refractivity contribution in [3.8, 4) is 0 Å². The van der Waals surface area contributed by atoms with Gasteiger partial charge in [-0.25, -0.2) is 4.90 Å². The Bertz CT molecular complexity index is 1360. The molecule has 3 aromatic rings. The summed E-state index contributed by atoms with van der Waals surface area (Å²) in [5.41, 5.74) is 0.764. The molecule has 3 aromatic carbocycles. The zero-order valence-electron chi connectivity index (χ0n) is 17.9. The van der Waals surface area contributed by atoms with Gasteiger partial charge >= 0.3 is 0 Å². The van der Waals surface area contributed by atoms with Crippen LogP contribution in [-0.4, -0.2) is 31.4 Å². The number of hydrogen-bond donors (Lipinski definition) is 1. The maximum atomic E-state index is 13.4. The second-order valence-electron chi connectivity index (χ2n) is 7.68. The lowest BCUT2D eigenvalue weighted by molar-refractivity contribution is -0.112. The summed E-state index contributed by atoms with van der Waals surface area (Å²) in [6.45, 7) is 3.17. The van der Waals surface area contributed by atoms with E-state index in [1.54, 1.807) is 74.5 Å². The van der Waals surface area contributed by atoms with Crippen molar-refractivity contribution in [3.63, 3.8) is 0 Å². The topological polar surface area (TPSA) is 101 Å². The fraction of sp³-hybridized carbons (Fsp3) is 0.120. The molecule has 7 nitrogen and oxygen atoms in total. The lowest BCUT2D eigenvalue weighted by Crippen LogP contribution is -2.33. The van der Waals surface area contributed by atoms with E-state index in [0.29, 0.717) is 5.56 Å². The third-order valence-electron chi connectivity index (χ3n) is 5.01. The summed E-state index contributed by atoms with van der Waals surface area (Å²) in [5.74, 6) is -1.70. The van der Waals surface area contributed by atoms with E-state index in [1.807, 2.05) is 0 Å². The smallest absolute Gasteiger partial charge is 0.297 e. The maximum Gasteiger partial charge on any atom is 0.297 e. The molecule has 1 N–H and O–H groups in total. The zero-order chi connectivity index (χ0) is 23.8. The lowest BCUT2D eigenvalue weighted by Gasteiger charge is -2.15. The predicted octanol–water partition coefficient (Wildman–Crippen LogP) is 4.41. The van der Waals surface area contributed by atoms with E-state index < -0.39 is 28.0 Å². The van der Waals surface area contributed by atoms with Crippen LogP contribution in [0.1, 0.15) is 35.3 Å². The lowest BCUT2D eigenvalue weighted by atomic mass is 10.0. The molecule has 0 aliphatic carbocycles. The van der Waals surface area contributed by atoms with Crippen LogP contribution in [0, 0.1) is 0 Å². The molecular formula is C25H21NO6S. The highest BCUT2D eigenvalue weighted by molar-refractivity contribution is 7.86. The largest absolute Gasteiger partial charge is 0.506 e. The van der Waals surface area contributed by atoms with Crippen molar-refractivity contribution < 1.29 is 27.3 Å². The van der Waals surface area contributed by atoms with Crippen molar-refractivity contribution in [1.82, 2.24) is 0 Å². The number of fused-ring (bicyclic) bond motifs is 1. The van der Waals surface area contributed by atoms with Crippen molar-refractivity contribution in [2.24, 2.45) is 0 Å². The van der Waals surface area contributed by atoms with Gasteiger partial charge in [-0.1, -0.05) is 48.5 Å². The van der Waals surface area contributed by atoms with Gasteiger partial charge in [0.05, 0.1) is 22.3 Å². The molecule has 1 aliphatic heterocycles. The molecule has 0 bridgehead atoms. The third-order valence-corrected chi connectivity index (χ3v) is 6.48. The summed E-state index contributed by atoms with van der Waals surface area (Å²) >= 11 is 0. The molecule has 0 aromatic heterocycles. The van der Waals surface area contributed by atoms with Crippen molar-refractivity contribution in [1.29, 1.82) is 0 Å². The van der Waals surface area contributed by atoms with E-state index in [-0.39, 0.29) is 33.0 Å². The van der Waals surface area contributed by atoms with Crippen LogP contribution in [-0.2, 0) is 19.1 Å². The number of rotatable bonds is 5. The van der Waals surface area contributed by atoms with Gasteiger partial charge in [-0.05, 0) is 44.2 Å². The van der Waals surface area contributed by atoms with E-state index in [9.17, 15) is 23.1 Å². The Hall–Kier alpha value is -3.75. The Morgan fingerprint density at radius 2 is 1.48 bits per heavy atom. The second-order valence-corrected chi connectivity index (χ2v) is 9.25. The molecule has 4 rings (SSSR count). The van der Waals surface area contributed by atoms with Gasteiger partial charge in [-0.15, -0.1) is 0 Å². The number of carbonyl (C=O) groups is 2. The van der Waals surface area contributed by atoms with Gasteiger partial charge in [0.25, 0.3) is 21.9 Å². The summed E-state index contributed by atoms with van der Waals surface area (Å²) in [6, 6.07) is 20.5. The average Bonchev–Trinajstić information content (AvgIpc) is 3.09. The van der Waals surface area contributed by atoms with E-state index in [0.717, 1.165) is 4.90 Å². The molecule has 0 saturated heterocycles. The van der Waals surface area contributed by atoms with Gasteiger partial charge in [-0.3, -0.25) is 13.8 Å². The number of benzene rings is 3. The molecule has 0 saturated carbocycles.